The van der Waals surface area contributed by atoms with Gasteiger partial charge in [0.2, 0.25) is 0 Å². The number of rotatable bonds is 5. The Morgan fingerprint density at radius 1 is 1.17 bits per heavy atom. The molecule has 1 aliphatic heterocycles. The predicted molar refractivity (Wildman–Crippen MR) is 95.7 cm³/mol. The molecule has 0 saturated carbocycles. The van der Waals surface area contributed by atoms with E-state index in [2.05, 4.69) is 19.8 Å². The number of aryl methyl sites for hydroxylation is 1. The lowest BCUT2D eigenvalue weighted by atomic mass is 10.2. The Kier molecular flexibility index (Phi) is 5.46. The van der Waals surface area contributed by atoms with Crippen molar-refractivity contribution in [1.29, 1.82) is 0 Å². The molecular formula is C16H23N4O3P. The molecule has 2 N–H and O–H groups in total. The second-order valence-corrected chi connectivity index (χ2v) is 7.09. The number of piperazine rings is 1. The largest absolute Gasteiger partial charge is 0.497 e. The maximum atomic E-state index is 9.06. The normalized spacial score (nSPS) is 16.1. The van der Waals surface area contributed by atoms with Gasteiger partial charge in [-0.1, -0.05) is 0 Å². The molecule has 1 aliphatic rings. The molecule has 24 heavy (non-hydrogen) atoms. The third kappa shape index (κ3) is 3.92. The molecule has 1 aromatic carbocycles. The van der Waals surface area contributed by atoms with Gasteiger partial charge in [0.1, 0.15) is 17.4 Å². The number of fused-ring (bicyclic) bond motifs is 1. The van der Waals surface area contributed by atoms with E-state index in [1.54, 1.807) is 7.11 Å². The van der Waals surface area contributed by atoms with Crippen LogP contribution in [0.15, 0.2) is 18.2 Å². The van der Waals surface area contributed by atoms with E-state index in [0.717, 1.165) is 61.0 Å². The van der Waals surface area contributed by atoms with E-state index in [4.69, 9.17) is 14.5 Å². The van der Waals surface area contributed by atoms with E-state index in [1.807, 2.05) is 25.1 Å². The van der Waals surface area contributed by atoms with Gasteiger partial charge < -0.3 is 19.4 Å². The summed E-state index contributed by atoms with van der Waals surface area (Å²) in [6.45, 7) is 6.16. The second kappa shape index (κ2) is 7.57. The summed E-state index contributed by atoms with van der Waals surface area (Å²) in [5.74, 6) is 2.51. The zero-order valence-electron chi connectivity index (χ0n) is 14.0. The first kappa shape index (κ1) is 17.3. The molecule has 2 heterocycles. The van der Waals surface area contributed by atoms with Gasteiger partial charge >= 0.3 is 0 Å². The van der Waals surface area contributed by atoms with Gasteiger partial charge in [-0.15, -0.1) is 0 Å². The van der Waals surface area contributed by atoms with Crippen molar-refractivity contribution in [3.8, 4) is 5.75 Å². The van der Waals surface area contributed by atoms with Gasteiger partial charge in [-0.25, -0.2) is 9.97 Å². The fraction of sp³-hybridized carbons (Fsp3) is 0.500. The summed E-state index contributed by atoms with van der Waals surface area (Å²) >= 11 is 0. The van der Waals surface area contributed by atoms with Gasteiger partial charge in [0.15, 0.2) is 8.38 Å². The highest BCUT2D eigenvalue weighted by molar-refractivity contribution is 7.45. The second-order valence-electron chi connectivity index (χ2n) is 5.90. The first-order chi connectivity index (χ1) is 11.6. The van der Waals surface area contributed by atoms with Gasteiger partial charge in [0.25, 0.3) is 0 Å². The molecule has 0 atom stereocenters. The number of benzene rings is 1. The summed E-state index contributed by atoms with van der Waals surface area (Å²) in [4.78, 5) is 31.8. The molecule has 0 bridgehead atoms. The molecule has 8 heteroatoms. The van der Waals surface area contributed by atoms with Crippen molar-refractivity contribution in [2.45, 2.75) is 6.92 Å². The predicted octanol–water partition coefficient (Wildman–Crippen LogP) is 1.37. The molecule has 0 unspecified atom stereocenters. The van der Waals surface area contributed by atoms with E-state index in [0.29, 0.717) is 6.16 Å². The van der Waals surface area contributed by atoms with Crippen LogP contribution in [0.25, 0.3) is 10.9 Å². The standard InChI is InChI=1S/C16H23N4O3P/c1-12-17-15-11-13(23-2)3-4-14(15)16(18-12)20-7-5-19(6-8-20)9-10-24(21)22/h3-4,11,21-22H,5-10H2,1-2H3. The van der Waals surface area contributed by atoms with E-state index >= 15 is 0 Å². The fourth-order valence-electron chi connectivity index (χ4n) is 2.99. The van der Waals surface area contributed by atoms with Crippen molar-refractivity contribution in [3.63, 3.8) is 0 Å². The topological polar surface area (TPSA) is 82.0 Å². The molecule has 0 radical (unpaired) electrons. The molecule has 1 aromatic heterocycles. The third-order valence-corrected chi connectivity index (χ3v) is 4.88. The Bertz CT molecular complexity index is 705. The lowest BCUT2D eigenvalue weighted by molar-refractivity contribution is 0.269. The summed E-state index contributed by atoms with van der Waals surface area (Å²) < 4.78 is 5.29. The average molecular weight is 350 g/mol. The summed E-state index contributed by atoms with van der Waals surface area (Å²) in [6.07, 6.45) is 0.449. The highest BCUT2D eigenvalue weighted by Gasteiger charge is 2.21. The van der Waals surface area contributed by atoms with Crippen molar-refractivity contribution in [2.75, 3.05) is 50.9 Å². The van der Waals surface area contributed by atoms with E-state index in [9.17, 15) is 0 Å². The number of aromatic nitrogens is 2. The number of hydrogen-bond acceptors (Lipinski definition) is 7. The van der Waals surface area contributed by atoms with Gasteiger partial charge in [0.05, 0.1) is 12.6 Å². The van der Waals surface area contributed by atoms with Crippen molar-refractivity contribution < 1.29 is 14.5 Å². The first-order valence-electron chi connectivity index (χ1n) is 8.02. The van der Waals surface area contributed by atoms with Crippen LogP contribution in [0, 0.1) is 6.92 Å². The van der Waals surface area contributed by atoms with Crippen LogP contribution in [0.5, 0.6) is 5.75 Å². The highest BCUT2D eigenvalue weighted by atomic mass is 31.2. The summed E-state index contributed by atoms with van der Waals surface area (Å²) in [5.41, 5.74) is 0.894. The lowest BCUT2D eigenvalue weighted by Gasteiger charge is -2.35. The maximum Gasteiger partial charge on any atom is 0.166 e. The molecule has 7 nitrogen and oxygen atoms in total. The summed E-state index contributed by atoms with van der Waals surface area (Å²) in [6, 6.07) is 5.89. The Morgan fingerprint density at radius 2 is 1.92 bits per heavy atom. The monoisotopic (exact) mass is 350 g/mol. The SMILES string of the molecule is COc1ccc2c(N3CCN(CCP(O)O)CC3)nc(C)nc2c1. The third-order valence-electron chi connectivity index (χ3n) is 4.28. The van der Waals surface area contributed by atoms with Crippen molar-refractivity contribution >= 4 is 25.1 Å². The number of anilines is 1. The lowest BCUT2D eigenvalue weighted by Crippen LogP contribution is -2.47. The van der Waals surface area contributed by atoms with Crippen LogP contribution in [0.3, 0.4) is 0 Å². The number of ether oxygens (including phenoxy) is 1. The zero-order valence-corrected chi connectivity index (χ0v) is 14.9. The first-order valence-corrected chi connectivity index (χ1v) is 9.45. The van der Waals surface area contributed by atoms with Crippen molar-refractivity contribution in [1.82, 2.24) is 14.9 Å². The van der Waals surface area contributed by atoms with Crippen LogP contribution in [-0.2, 0) is 0 Å². The quantitative estimate of drug-likeness (QED) is 0.788. The fourth-order valence-corrected chi connectivity index (χ4v) is 3.45. The minimum absolute atomic E-state index is 0.449. The van der Waals surface area contributed by atoms with Crippen molar-refractivity contribution in [2.24, 2.45) is 0 Å². The number of nitrogens with zero attached hydrogens (tertiary/aromatic N) is 4. The van der Waals surface area contributed by atoms with Crippen LogP contribution in [0.1, 0.15) is 5.82 Å². The molecule has 2 aromatic rings. The van der Waals surface area contributed by atoms with Crippen LogP contribution in [0.2, 0.25) is 0 Å². The van der Waals surface area contributed by atoms with Crippen LogP contribution in [-0.4, -0.2) is 70.7 Å². The number of methoxy groups -OCH3 is 1. The van der Waals surface area contributed by atoms with Crippen LogP contribution < -0.4 is 9.64 Å². The maximum absolute atomic E-state index is 9.06. The Morgan fingerprint density at radius 3 is 2.58 bits per heavy atom. The average Bonchev–Trinajstić information content (AvgIpc) is 2.59. The molecule has 0 spiro atoms. The smallest absolute Gasteiger partial charge is 0.166 e. The van der Waals surface area contributed by atoms with Gasteiger partial charge in [-0.05, 0) is 19.1 Å². The van der Waals surface area contributed by atoms with Crippen LogP contribution in [0.4, 0.5) is 5.82 Å². The molecule has 3 rings (SSSR count). The molecule has 1 saturated heterocycles. The molecule has 0 amide bonds. The summed E-state index contributed by atoms with van der Waals surface area (Å²) in [5, 5.41) is 1.03. The Hall–Kier alpha value is -1.53. The molecule has 0 aliphatic carbocycles. The molecule has 130 valence electrons. The van der Waals surface area contributed by atoms with E-state index < -0.39 is 8.38 Å². The van der Waals surface area contributed by atoms with E-state index in [1.165, 1.54) is 0 Å². The van der Waals surface area contributed by atoms with E-state index in [-0.39, 0.29) is 0 Å². The van der Waals surface area contributed by atoms with Gasteiger partial charge in [-0.3, -0.25) is 4.90 Å². The zero-order chi connectivity index (χ0) is 17.1. The van der Waals surface area contributed by atoms with Crippen LogP contribution >= 0.6 is 8.38 Å². The summed E-state index contributed by atoms with van der Waals surface area (Å²) in [7, 11) is -0.148. The van der Waals surface area contributed by atoms with Crippen molar-refractivity contribution in [3.05, 3.63) is 24.0 Å². The minimum Gasteiger partial charge on any atom is -0.497 e. The minimum atomic E-state index is -1.80. The highest BCUT2D eigenvalue weighted by Crippen LogP contribution is 2.28. The molecular weight excluding hydrogens is 327 g/mol. The van der Waals surface area contributed by atoms with Gasteiger partial charge in [-0.2, -0.15) is 0 Å². The number of hydrogen-bond donors (Lipinski definition) is 2. The molecule has 1 fully saturated rings. The Labute approximate surface area is 142 Å². The van der Waals surface area contributed by atoms with Gasteiger partial charge in [0, 0.05) is 50.3 Å². The Balaban J connectivity index is 1.78.